The highest BCUT2D eigenvalue weighted by atomic mass is 19.4. The second-order valence-corrected chi connectivity index (χ2v) is 6.85. The third-order valence-corrected chi connectivity index (χ3v) is 4.98. The normalized spacial score (nSPS) is 16.5. The summed E-state index contributed by atoms with van der Waals surface area (Å²) in [5, 5.41) is 1.77. The molecular weight excluding hydrogens is 405 g/mol. The fourth-order valence-corrected chi connectivity index (χ4v) is 3.73. The number of nitrogens with zero attached hydrogens (tertiary/aromatic N) is 4. The molecule has 0 bridgehead atoms. The van der Waals surface area contributed by atoms with Crippen molar-refractivity contribution in [1.82, 2.24) is 9.66 Å². The van der Waals surface area contributed by atoms with Crippen LogP contribution in [-0.4, -0.2) is 54.8 Å². The van der Waals surface area contributed by atoms with E-state index in [1.54, 1.807) is 11.1 Å². The second kappa shape index (κ2) is 7.98. The Balaban J connectivity index is 1.58. The minimum absolute atomic E-state index is 0.169. The first-order chi connectivity index (χ1) is 14.3. The van der Waals surface area contributed by atoms with Crippen LogP contribution in [0.15, 0.2) is 35.3 Å². The lowest BCUT2D eigenvalue weighted by Gasteiger charge is -2.31. The predicted octanol–water partition coefficient (Wildman–Crippen LogP) is 1.24. The minimum atomic E-state index is -4.81. The Labute approximate surface area is 169 Å². The second-order valence-electron chi connectivity index (χ2n) is 6.85. The van der Waals surface area contributed by atoms with Crippen LogP contribution in [0.3, 0.4) is 0 Å². The standard InChI is InChI=1S/C19H19F3N4O4/c20-19(21,22)30-15-3-1-2-14-13(15)5-7-25(14)18(28)12-16-23-6-4-17(27)26(16)24-8-10-29-11-9-24/h1-4,6H,5,7-12H2. The van der Waals surface area contributed by atoms with E-state index in [0.29, 0.717) is 37.6 Å². The van der Waals surface area contributed by atoms with Crippen molar-refractivity contribution >= 4 is 11.6 Å². The van der Waals surface area contributed by atoms with Gasteiger partial charge in [0.25, 0.3) is 5.56 Å². The Morgan fingerprint density at radius 2 is 1.93 bits per heavy atom. The molecule has 3 heterocycles. The van der Waals surface area contributed by atoms with Gasteiger partial charge in [-0.3, -0.25) is 9.59 Å². The number of rotatable bonds is 4. The van der Waals surface area contributed by atoms with Crippen LogP contribution in [0.5, 0.6) is 5.75 Å². The van der Waals surface area contributed by atoms with E-state index in [1.807, 2.05) is 0 Å². The van der Waals surface area contributed by atoms with Gasteiger partial charge < -0.3 is 19.4 Å². The first-order valence-corrected chi connectivity index (χ1v) is 9.41. The van der Waals surface area contributed by atoms with Crippen LogP contribution < -0.4 is 20.2 Å². The fourth-order valence-electron chi connectivity index (χ4n) is 3.73. The number of anilines is 1. The summed E-state index contributed by atoms with van der Waals surface area (Å²) in [6.45, 7) is 2.10. The quantitative estimate of drug-likeness (QED) is 0.735. The van der Waals surface area contributed by atoms with Gasteiger partial charge in [-0.15, -0.1) is 13.2 Å². The number of benzene rings is 1. The van der Waals surface area contributed by atoms with Crippen LogP contribution in [0.4, 0.5) is 18.9 Å². The van der Waals surface area contributed by atoms with Gasteiger partial charge in [0, 0.05) is 24.4 Å². The Hall–Kier alpha value is -3.08. The molecule has 0 spiro atoms. The lowest BCUT2D eigenvalue weighted by Crippen LogP contribution is -2.50. The number of hydrogen-bond donors (Lipinski definition) is 0. The maximum atomic E-state index is 13.0. The largest absolute Gasteiger partial charge is 0.573 e. The number of hydrogen-bond acceptors (Lipinski definition) is 6. The highest BCUT2D eigenvalue weighted by Gasteiger charge is 2.35. The molecule has 160 valence electrons. The zero-order valence-electron chi connectivity index (χ0n) is 15.9. The Morgan fingerprint density at radius 3 is 2.67 bits per heavy atom. The van der Waals surface area contributed by atoms with Gasteiger partial charge >= 0.3 is 6.36 Å². The molecule has 8 nitrogen and oxygen atoms in total. The number of alkyl halides is 3. The SMILES string of the molecule is O=C(Cc1nccc(=O)n1N1CCOCC1)N1CCc2c(OC(F)(F)F)cccc21. The molecule has 1 amide bonds. The van der Waals surface area contributed by atoms with Crippen molar-refractivity contribution in [3.05, 3.63) is 52.2 Å². The molecule has 0 saturated carbocycles. The van der Waals surface area contributed by atoms with Crippen LogP contribution in [0.2, 0.25) is 0 Å². The molecule has 2 aliphatic rings. The first-order valence-electron chi connectivity index (χ1n) is 9.41. The zero-order valence-corrected chi connectivity index (χ0v) is 15.9. The molecule has 0 N–H and O–H groups in total. The molecule has 1 aromatic carbocycles. The highest BCUT2D eigenvalue weighted by Crippen LogP contribution is 2.37. The van der Waals surface area contributed by atoms with Gasteiger partial charge in [0.1, 0.15) is 11.6 Å². The Bertz CT molecular complexity index is 1000. The maximum absolute atomic E-state index is 13.0. The number of carbonyl (C=O) groups is 1. The van der Waals surface area contributed by atoms with Crippen molar-refractivity contribution in [2.24, 2.45) is 0 Å². The molecule has 1 saturated heterocycles. The fraction of sp³-hybridized carbons (Fsp3) is 0.421. The lowest BCUT2D eigenvalue weighted by atomic mass is 10.1. The number of fused-ring (bicyclic) bond motifs is 1. The van der Waals surface area contributed by atoms with E-state index in [2.05, 4.69) is 9.72 Å². The summed E-state index contributed by atoms with van der Waals surface area (Å²) in [6.07, 6.45) is -3.40. The van der Waals surface area contributed by atoms with E-state index >= 15 is 0 Å². The maximum Gasteiger partial charge on any atom is 0.573 e. The predicted molar refractivity (Wildman–Crippen MR) is 100 cm³/mol. The smallest absolute Gasteiger partial charge is 0.405 e. The van der Waals surface area contributed by atoms with Crippen molar-refractivity contribution in [1.29, 1.82) is 0 Å². The van der Waals surface area contributed by atoms with Gasteiger partial charge in [-0.25, -0.2) is 9.66 Å². The average molecular weight is 424 g/mol. The van der Waals surface area contributed by atoms with Crippen LogP contribution in [0, 0.1) is 0 Å². The van der Waals surface area contributed by atoms with E-state index in [-0.39, 0.29) is 42.4 Å². The van der Waals surface area contributed by atoms with E-state index in [9.17, 15) is 22.8 Å². The van der Waals surface area contributed by atoms with Crippen LogP contribution in [0.25, 0.3) is 0 Å². The Morgan fingerprint density at radius 1 is 1.17 bits per heavy atom. The van der Waals surface area contributed by atoms with E-state index in [4.69, 9.17) is 4.74 Å². The molecule has 0 radical (unpaired) electrons. The third kappa shape index (κ3) is 4.11. The van der Waals surface area contributed by atoms with E-state index < -0.39 is 6.36 Å². The summed E-state index contributed by atoms with van der Waals surface area (Å²) in [7, 11) is 0. The van der Waals surface area contributed by atoms with Gasteiger partial charge in [0.2, 0.25) is 5.91 Å². The molecule has 30 heavy (non-hydrogen) atoms. The van der Waals surface area contributed by atoms with Crippen molar-refractivity contribution in [2.75, 3.05) is 42.8 Å². The van der Waals surface area contributed by atoms with E-state index in [0.717, 1.165) is 0 Å². The molecule has 0 unspecified atom stereocenters. The van der Waals surface area contributed by atoms with Crippen LogP contribution >= 0.6 is 0 Å². The van der Waals surface area contributed by atoms with Gasteiger partial charge in [-0.2, -0.15) is 0 Å². The van der Waals surface area contributed by atoms with Gasteiger partial charge in [-0.1, -0.05) is 6.07 Å². The summed E-state index contributed by atoms with van der Waals surface area (Å²) in [5.41, 5.74) is 0.394. The first kappa shape index (κ1) is 20.2. The summed E-state index contributed by atoms with van der Waals surface area (Å²) >= 11 is 0. The summed E-state index contributed by atoms with van der Waals surface area (Å²) in [6, 6.07) is 5.54. The average Bonchev–Trinajstić information content (AvgIpc) is 3.13. The molecule has 4 rings (SSSR count). The van der Waals surface area contributed by atoms with Crippen molar-refractivity contribution in [3.8, 4) is 5.75 Å². The molecule has 2 aliphatic heterocycles. The summed E-state index contributed by atoms with van der Waals surface area (Å²) in [5.74, 6) is -0.401. The molecule has 1 aromatic heterocycles. The molecule has 1 fully saturated rings. The van der Waals surface area contributed by atoms with Gasteiger partial charge in [-0.05, 0) is 18.6 Å². The monoisotopic (exact) mass is 424 g/mol. The van der Waals surface area contributed by atoms with Gasteiger partial charge in [0.15, 0.2) is 0 Å². The third-order valence-electron chi connectivity index (χ3n) is 4.98. The van der Waals surface area contributed by atoms with Crippen molar-refractivity contribution in [3.63, 3.8) is 0 Å². The van der Waals surface area contributed by atoms with Crippen molar-refractivity contribution in [2.45, 2.75) is 19.2 Å². The molecule has 2 aromatic rings. The summed E-state index contributed by atoms with van der Waals surface area (Å²) < 4.78 is 48.7. The topological polar surface area (TPSA) is 76.9 Å². The molecule has 0 aliphatic carbocycles. The summed E-state index contributed by atoms with van der Waals surface area (Å²) in [4.78, 5) is 31.0. The number of ether oxygens (including phenoxy) is 2. The number of carbonyl (C=O) groups excluding carboxylic acids is 1. The van der Waals surface area contributed by atoms with Crippen LogP contribution in [-0.2, 0) is 22.4 Å². The molecule has 11 heteroatoms. The molecular formula is C19H19F3N4O4. The number of amides is 1. The van der Waals surface area contributed by atoms with Crippen LogP contribution in [0.1, 0.15) is 11.4 Å². The number of aromatic nitrogens is 2. The zero-order chi connectivity index (χ0) is 21.3. The van der Waals surface area contributed by atoms with Crippen molar-refractivity contribution < 1.29 is 27.4 Å². The van der Waals surface area contributed by atoms with E-state index in [1.165, 1.54) is 34.0 Å². The minimum Gasteiger partial charge on any atom is -0.405 e. The lowest BCUT2D eigenvalue weighted by molar-refractivity contribution is -0.274. The highest BCUT2D eigenvalue weighted by molar-refractivity contribution is 5.96. The number of morpholine rings is 1. The number of halogens is 3. The van der Waals surface area contributed by atoms with Gasteiger partial charge in [0.05, 0.1) is 38.4 Å². The molecule has 0 atom stereocenters. The Kier molecular flexibility index (Phi) is 5.37.